The molecule has 0 aliphatic heterocycles. The number of fused-ring (bicyclic) bond motifs is 1. The summed E-state index contributed by atoms with van der Waals surface area (Å²) in [6.45, 7) is 6.16. The third-order valence-corrected chi connectivity index (χ3v) is 3.94. The molecule has 3 heterocycles. The van der Waals surface area contributed by atoms with Crippen LogP contribution >= 0.6 is 0 Å². The molecule has 3 rings (SSSR count). The zero-order valence-corrected chi connectivity index (χ0v) is 14.6. The van der Waals surface area contributed by atoms with E-state index in [1.54, 1.807) is 12.5 Å². The Morgan fingerprint density at radius 3 is 2.68 bits per heavy atom. The number of nitrogens with zero attached hydrogens (tertiary/aromatic N) is 5. The van der Waals surface area contributed by atoms with Gasteiger partial charge in [0.25, 0.3) is 0 Å². The lowest BCUT2D eigenvalue weighted by molar-refractivity contribution is 0.271. The summed E-state index contributed by atoms with van der Waals surface area (Å²) in [6.07, 6.45) is 4.25. The molecule has 132 valence electrons. The number of pyridine rings is 1. The summed E-state index contributed by atoms with van der Waals surface area (Å²) in [5.41, 5.74) is 1.42. The van der Waals surface area contributed by atoms with Crippen LogP contribution in [0, 0.1) is 0 Å². The fraction of sp³-hybridized carbons (Fsp3) is 0.412. The van der Waals surface area contributed by atoms with E-state index >= 15 is 0 Å². The summed E-state index contributed by atoms with van der Waals surface area (Å²) in [5.74, 6) is 1.72. The third kappa shape index (κ3) is 3.69. The molecule has 0 aliphatic rings. The molecule has 0 aliphatic carbocycles. The van der Waals surface area contributed by atoms with Crippen molar-refractivity contribution in [2.75, 3.05) is 17.2 Å². The Balaban J connectivity index is 2.06. The van der Waals surface area contributed by atoms with Crippen LogP contribution in [0.4, 0.5) is 17.6 Å². The largest absolute Gasteiger partial charge is 0.394 e. The van der Waals surface area contributed by atoms with E-state index in [1.165, 1.54) is 0 Å². The van der Waals surface area contributed by atoms with Crippen LogP contribution in [0.3, 0.4) is 0 Å². The maximum atomic E-state index is 9.45. The highest BCUT2D eigenvalue weighted by Gasteiger charge is 2.16. The molecular formula is C17H23N7O. The molecule has 0 fully saturated rings. The van der Waals surface area contributed by atoms with E-state index in [0.29, 0.717) is 23.1 Å². The molecule has 25 heavy (non-hydrogen) atoms. The lowest BCUT2D eigenvalue weighted by Crippen LogP contribution is -2.24. The SMILES string of the molecule is CC[C@@H](CO)Nc1nc(Nc2ccccn2)c2ncn(C(C)C)c2n1. The summed E-state index contributed by atoms with van der Waals surface area (Å²) in [7, 11) is 0. The lowest BCUT2D eigenvalue weighted by atomic mass is 10.2. The van der Waals surface area contributed by atoms with Gasteiger partial charge in [-0.05, 0) is 32.4 Å². The minimum atomic E-state index is -0.101. The van der Waals surface area contributed by atoms with Gasteiger partial charge in [0.1, 0.15) is 5.82 Å². The van der Waals surface area contributed by atoms with E-state index in [9.17, 15) is 5.11 Å². The highest BCUT2D eigenvalue weighted by molar-refractivity contribution is 5.86. The molecule has 0 radical (unpaired) electrons. The van der Waals surface area contributed by atoms with E-state index in [4.69, 9.17) is 0 Å². The van der Waals surface area contributed by atoms with Crippen molar-refractivity contribution < 1.29 is 5.11 Å². The molecule has 3 N–H and O–H groups in total. The van der Waals surface area contributed by atoms with Gasteiger partial charge in [0.2, 0.25) is 5.95 Å². The van der Waals surface area contributed by atoms with Gasteiger partial charge < -0.3 is 20.3 Å². The number of aromatic nitrogens is 5. The highest BCUT2D eigenvalue weighted by atomic mass is 16.3. The summed E-state index contributed by atoms with van der Waals surface area (Å²) in [4.78, 5) is 17.9. The molecule has 0 bridgehead atoms. The van der Waals surface area contributed by atoms with E-state index in [-0.39, 0.29) is 18.7 Å². The Morgan fingerprint density at radius 2 is 2.04 bits per heavy atom. The maximum absolute atomic E-state index is 9.45. The first-order valence-electron chi connectivity index (χ1n) is 8.42. The van der Waals surface area contributed by atoms with Crippen molar-refractivity contribution in [1.82, 2.24) is 24.5 Å². The number of imidazole rings is 1. The second-order valence-corrected chi connectivity index (χ2v) is 6.09. The summed E-state index contributed by atoms with van der Waals surface area (Å²) in [5, 5.41) is 15.8. The molecule has 0 saturated carbocycles. The minimum absolute atomic E-state index is 0.0182. The van der Waals surface area contributed by atoms with E-state index in [1.807, 2.05) is 29.7 Å². The topological polar surface area (TPSA) is 101 Å². The smallest absolute Gasteiger partial charge is 0.227 e. The number of rotatable bonds is 7. The van der Waals surface area contributed by atoms with Crippen molar-refractivity contribution in [3.63, 3.8) is 0 Å². The Morgan fingerprint density at radius 1 is 1.20 bits per heavy atom. The van der Waals surface area contributed by atoms with Crippen molar-refractivity contribution in [2.45, 2.75) is 39.3 Å². The normalized spacial score (nSPS) is 12.5. The predicted molar refractivity (Wildman–Crippen MR) is 98.0 cm³/mol. The Hall–Kier alpha value is -2.74. The van der Waals surface area contributed by atoms with E-state index < -0.39 is 0 Å². The fourth-order valence-corrected chi connectivity index (χ4v) is 2.46. The zero-order valence-electron chi connectivity index (χ0n) is 14.6. The van der Waals surface area contributed by atoms with Crippen molar-refractivity contribution in [2.24, 2.45) is 0 Å². The summed E-state index contributed by atoms with van der Waals surface area (Å²) >= 11 is 0. The number of hydrogen-bond donors (Lipinski definition) is 3. The molecular weight excluding hydrogens is 318 g/mol. The second-order valence-electron chi connectivity index (χ2n) is 6.09. The quantitative estimate of drug-likeness (QED) is 0.607. The summed E-state index contributed by atoms with van der Waals surface area (Å²) in [6, 6.07) is 5.74. The molecule has 0 unspecified atom stereocenters. The minimum Gasteiger partial charge on any atom is -0.394 e. The van der Waals surface area contributed by atoms with Crippen molar-refractivity contribution >= 4 is 28.7 Å². The Labute approximate surface area is 146 Å². The monoisotopic (exact) mass is 341 g/mol. The second kappa shape index (κ2) is 7.43. The van der Waals surface area contributed by atoms with Crippen LogP contribution in [0.25, 0.3) is 11.2 Å². The highest BCUT2D eigenvalue weighted by Crippen LogP contribution is 2.25. The van der Waals surface area contributed by atoms with Crippen LogP contribution < -0.4 is 10.6 Å². The molecule has 3 aromatic heterocycles. The molecule has 0 amide bonds. The summed E-state index contributed by atoms with van der Waals surface area (Å²) < 4.78 is 1.99. The van der Waals surface area contributed by atoms with Gasteiger partial charge in [-0.1, -0.05) is 13.0 Å². The number of aliphatic hydroxyl groups excluding tert-OH is 1. The van der Waals surface area contributed by atoms with E-state index in [2.05, 4.69) is 44.4 Å². The van der Waals surface area contributed by atoms with E-state index in [0.717, 1.165) is 12.1 Å². The predicted octanol–water partition coefficient (Wildman–Crippen LogP) is 2.73. The van der Waals surface area contributed by atoms with Gasteiger partial charge in [0.05, 0.1) is 19.0 Å². The first-order chi connectivity index (χ1) is 12.1. The molecule has 8 nitrogen and oxygen atoms in total. The average molecular weight is 341 g/mol. The van der Waals surface area contributed by atoms with Gasteiger partial charge >= 0.3 is 0 Å². The molecule has 8 heteroatoms. The standard InChI is InChI=1S/C17H23N7O/c1-4-12(9-25)20-17-22-15(21-13-7-5-6-8-18-13)14-16(23-17)24(10-19-14)11(2)3/h5-8,10-12,25H,4,9H2,1-3H3,(H2,18,20,21,22,23)/t12-/m0/s1. The lowest BCUT2D eigenvalue weighted by Gasteiger charge is -2.16. The van der Waals surface area contributed by atoms with Crippen LogP contribution in [0.2, 0.25) is 0 Å². The molecule has 0 saturated heterocycles. The first kappa shape index (κ1) is 17.1. The van der Waals surface area contributed by atoms with Gasteiger partial charge in [-0.25, -0.2) is 9.97 Å². The van der Waals surface area contributed by atoms with Crippen molar-refractivity contribution in [3.05, 3.63) is 30.7 Å². The van der Waals surface area contributed by atoms with Crippen LogP contribution in [0.1, 0.15) is 33.2 Å². The third-order valence-electron chi connectivity index (χ3n) is 3.94. The number of nitrogens with one attached hydrogen (secondary N) is 2. The van der Waals surface area contributed by atoms with Gasteiger partial charge in [-0.2, -0.15) is 9.97 Å². The molecule has 3 aromatic rings. The van der Waals surface area contributed by atoms with Gasteiger partial charge in [0.15, 0.2) is 17.0 Å². The molecule has 0 spiro atoms. The van der Waals surface area contributed by atoms with Gasteiger partial charge in [-0.3, -0.25) is 0 Å². The molecule has 1 atom stereocenters. The average Bonchev–Trinajstić information content (AvgIpc) is 3.05. The maximum Gasteiger partial charge on any atom is 0.227 e. The van der Waals surface area contributed by atoms with Crippen LogP contribution in [-0.4, -0.2) is 42.3 Å². The Kier molecular flexibility index (Phi) is 5.08. The molecule has 0 aromatic carbocycles. The fourth-order valence-electron chi connectivity index (χ4n) is 2.46. The van der Waals surface area contributed by atoms with Crippen molar-refractivity contribution in [3.8, 4) is 0 Å². The van der Waals surface area contributed by atoms with Crippen LogP contribution in [-0.2, 0) is 0 Å². The van der Waals surface area contributed by atoms with Gasteiger partial charge in [-0.15, -0.1) is 0 Å². The number of hydrogen-bond acceptors (Lipinski definition) is 7. The van der Waals surface area contributed by atoms with Crippen molar-refractivity contribution in [1.29, 1.82) is 0 Å². The number of anilines is 3. The Bertz CT molecular complexity index is 828. The van der Waals surface area contributed by atoms with Gasteiger partial charge in [0, 0.05) is 12.2 Å². The first-order valence-corrected chi connectivity index (χ1v) is 8.42. The van der Waals surface area contributed by atoms with Crippen LogP contribution in [0.5, 0.6) is 0 Å². The van der Waals surface area contributed by atoms with Crippen LogP contribution in [0.15, 0.2) is 30.7 Å². The zero-order chi connectivity index (χ0) is 17.8. The number of aliphatic hydroxyl groups is 1.